The average molecular weight is 299 g/mol. The van der Waals surface area contributed by atoms with Crippen LogP contribution in [0.3, 0.4) is 0 Å². The maximum Gasteiger partial charge on any atom is 0.0331 e. The molecular weight excluding hydrogens is 256 g/mol. The van der Waals surface area contributed by atoms with Crippen LogP contribution in [0.1, 0.15) is 80.6 Å². The van der Waals surface area contributed by atoms with E-state index in [1.165, 1.54) is 45.2 Å². The molecule has 2 heteroatoms. The predicted octanol–water partition coefficient (Wildman–Crippen LogP) is 4.92. The smallest absolute Gasteiger partial charge is 0.0331 e. The van der Waals surface area contributed by atoms with Crippen molar-refractivity contribution in [1.29, 1.82) is 0 Å². The van der Waals surface area contributed by atoms with E-state index in [1.54, 1.807) is 0 Å². The second-order valence-electron chi connectivity index (χ2n) is 7.85. The largest absolute Gasteiger partial charge is 0.329 e. The monoisotopic (exact) mass is 298 g/mol. The number of nitrogens with two attached hydrogens (primary N) is 1. The Kier molecular flexibility index (Phi) is 10.6. The molecule has 0 fully saturated rings. The molecule has 0 amide bonds. The van der Waals surface area contributed by atoms with Gasteiger partial charge in [0.25, 0.3) is 0 Å². The zero-order valence-corrected chi connectivity index (χ0v) is 15.9. The van der Waals surface area contributed by atoms with Crippen molar-refractivity contribution in [2.24, 2.45) is 23.5 Å². The highest BCUT2D eigenvalue weighted by Crippen LogP contribution is 2.30. The molecule has 0 radical (unpaired) electrons. The first kappa shape index (κ1) is 20.9. The number of rotatable bonds is 12. The molecule has 2 N–H and O–H groups in total. The Labute approximate surface area is 134 Å². The molecule has 21 heavy (non-hydrogen) atoms. The van der Waals surface area contributed by atoms with Gasteiger partial charge in [0, 0.05) is 12.1 Å². The summed E-state index contributed by atoms with van der Waals surface area (Å²) >= 11 is 0. The van der Waals surface area contributed by atoms with Gasteiger partial charge in [-0.2, -0.15) is 0 Å². The highest BCUT2D eigenvalue weighted by Gasteiger charge is 2.34. The van der Waals surface area contributed by atoms with Crippen LogP contribution in [-0.4, -0.2) is 30.1 Å². The van der Waals surface area contributed by atoms with E-state index in [0.29, 0.717) is 0 Å². The van der Waals surface area contributed by atoms with Crippen LogP contribution >= 0.6 is 0 Å². The van der Waals surface area contributed by atoms with Gasteiger partial charge in [0.2, 0.25) is 0 Å². The first-order valence-electron chi connectivity index (χ1n) is 9.26. The number of hydrogen-bond donors (Lipinski definition) is 1. The Hall–Kier alpha value is -0.0800. The molecule has 2 unspecified atom stereocenters. The van der Waals surface area contributed by atoms with Crippen molar-refractivity contribution in [3.63, 3.8) is 0 Å². The first-order chi connectivity index (χ1) is 9.81. The molecule has 0 heterocycles. The summed E-state index contributed by atoms with van der Waals surface area (Å²) in [4.78, 5) is 2.74. The highest BCUT2D eigenvalue weighted by atomic mass is 15.2. The fraction of sp³-hybridized carbons (Fsp3) is 1.00. The molecular formula is C19H42N2. The molecule has 0 saturated heterocycles. The Morgan fingerprint density at radius 3 is 1.67 bits per heavy atom. The minimum absolute atomic E-state index is 0.208. The van der Waals surface area contributed by atoms with Crippen LogP contribution < -0.4 is 5.73 Å². The molecule has 0 aromatic heterocycles. The van der Waals surface area contributed by atoms with Crippen molar-refractivity contribution < 1.29 is 0 Å². The summed E-state index contributed by atoms with van der Waals surface area (Å²) in [5, 5.41) is 0. The normalized spacial score (nSPS) is 16.7. The van der Waals surface area contributed by atoms with E-state index < -0.39 is 0 Å². The molecule has 0 aromatic rings. The highest BCUT2D eigenvalue weighted by molar-refractivity contribution is 4.92. The zero-order valence-electron chi connectivity index (χ0n) is 15.9. The lowest BCUT2D eigenvalue weighted by Crippen LogP contribution is -2.55. The van der Waals surface area contributed by atoms with Gasteiger partial charge >= 0.3 is 0 Å². The van der Waals surface area contributed by atoms with E-state index in [1.807, 2.05) is 0 Å². The third-order valence-electron chi connectivity index (χ3n) is 5.09. The molecule has 0 saturated carbocycles. The topological polar surface area (TPSA) is 29.3 Å². The van der Waals surface area contributed by atoms with E-state index in [9.17, 15) is 0 Å². The van der Waals surface area contributed by atoms with Gasteiger partial charge in [-0.15, -0.1) is 0 Å². The second-order valence-corrected chi connectivity index (χ2v) is 7.85. The van der Waals surface area contributed by atoms with Crippen LogP contribution in [0.25, 0.3) is 0 Å². The summed E-state index contributed by atoms with van der Waals surface area (Å²) in [6.45, 7) is 19.5. The van der Waals surface area contributed by atoms with Crippen molar-refractivity contribution in [2.45, 2.75) is 86.1 Å². The van der Waals surface area contributed by atoms with Crippen LogP contribution in [0.2, 0.25) is 0 Å². The van der Waals surface area contributed by atoms with Gasteiger partial charge in [-0.1, -0.05) is 54.9 Å². The lowest BCUT2D eigenvalue weighted by molar-refractivity contribution is 0.0567. The van der Waals surface area contributed by atoms with E-state index >= 15 is 0 Å². The minimum atomic E-state index is 0.208. The third-order valence-corrected chi connectivity index (χ3v) is 5.09. The van der Waals surface area contributed by atoms with Gasteiger partial charge in [-0.05, 0) is 56.5 Å². The molecule has 128 valence electrons. The second kappa shape index (κ2) is 10.6. The van der Waals surface area contributed by atoms with Crippen molar-refractivity contribution in [2.75, 3.05) is 19.6 Å². The van der Waals surface area contributed by atoms with Gasteiger partial charge in [0.1, 0.15) is 0 Å². The zero-order chi connectivity index (χ0) is 16.5. The molecule has 2 nitrogen and oxygen atoms in total. The van der Waals surface area contributed by atoms with Gasteiger partial charge in [0.15, 0.2) is 0 Å². The van der Waals surface area contributed by atoms with Crippen LogP contribution in [-0.2, 0) is 0 Å². The summed E-state index contributed by atoms with van der Waals surface area (Å²) in [7, 11) is 0. The predicted molar refractivity (Wildman–Crippen MR) is 96.6 cm³/mol. The van der Waals surface area contributed by atoms with Crippen molar-refractivity contribution in [3.05, 3.63) is 0 Å². The molecule has 0 aliphatic rings. The van der Waals surface area contributed by atoms with Gasteiger partial charge < -0.3 is 5.73 Å². The number of hydrogen-bond acceptors (Lipinski definition) is 2. The molecule has 0 rings (SSSR count). The van der Waals surface area contributed by atoms with Gasteiger partial charge in [-0.25, -0.2) is 0 Å². The van der Waals surface area contributed by atoms with E-state index in [4.69, 9.17) is 5.73 Å². The van der Waals surface area contributed by atoms with Gasteiger partial charge in [0.05, 0.1) is 0 Å². The minimum Gasteiger partial charge on any atom is -0.329 e. The molecule has 0 aliphatic carbocycles. The average Bonchev–Trinajstić information content (AvgIpc) is 2.44. The SMILES string of the molecule is CCC(C)CC(CC)(CN)N(CCC(C)C)CCC(C)C. The molecule has 0 bridgehead atoms. The summed E-state index contributed by atoms with van der Waals surface area (Å²) in [6, 6.07) is 0. The van der Waals surface area contributed by atoms with Crippen molar-refractivity contribution in [1.82, 2.24) is 4.90 Å². The summed E-state index contributed by atoms with van der Waals surface area (Å²) in [5.41, 5.74) is 6.50. The maximum atomic E-state index is 6.29. The quantitative estimate of drug-likeness (QED) is 0.554. The molecule has 0 spiro atoms. The first-order valence-corrected chi connectivity index (χ1v) is 9.26. The van der Waals surface area contributed by atoms with Crippen molar-refractivity contribution in [3.8, 4) is 0 Å². The fourth-order valence-corrected chi connectivity index (χ4v) is 3.06. The summed E-state index contributed by atoms with van der Waals surface area (Å²) < 4.78 is 0. The lowest BCUT2D eigenvalue weighted by Gasteiger charge is -2.45. The number of nitrogens with zero attached hydrogens (tertiary/aromatic N) is 1. The van der Waals surface area contributed by atoms with Crippen molar-refractivity contribution >= 4 is 0 Å². The van der Waals surface area contributed by atoms with Gasteiger partial charge in [-0.3, -0.25) is 4.90 Å². The molecule has 2 atom stereocenters. The van der Waals surface area contributed by atoms with Crippen LogP contribution in [0.5, 0.6) is 0 Å². The molecule has 0 aromatic carbocycles. The Bertz CT molecular complexity index is 232. The summed E-state index contributed by atoms with van der Waals surface area (Å²) in [6.07, 6.45) is 6.22. The third kappa shape index (κ3) is 7.65. The fourth-order valence-electron chi connectivity index (χ4n) is 3.06. The Morgan fingerprint density at radius 1 is 0.905 bits per heavy atom. The van der Waals surface area contributed by atoms with E-state index in [0.717, 1.165) is 24.3 Å². The lowest BCUT2D eigenvalue weighted by atomic mass is 9.82. The van der Waals surface area contributed by atoms with Crippen LogP contribution in [0, 0.1) is 17.8 Å². The van der Waals surface area contributed by atoms with E-state index in [-0.39, 0.29) is 5.54 Å². The Balaban J connectivity index is 5.04. The Morgan fingerprint density at radius 2 is 1.38 bits per heavy atom. The van der Waals surface area contributed by atoms with Crippen LogP contribution in [0.4, 0.5) is 0 Å². The van der Waals surface area contributed by atoms with E-state index in [2.05, 4.69) is 53.4 Å². The van der Waals surface area contributed by atoms with Crippen LogP contribution in [0.15, 0.2) is 0 Å². The molecule has 0 aliphatic heterocycles. The maximum absolute atomic E-state index is 6.29. The standard InChI is InChI=1S/C19H42N2/c1-8-18(7)14-19(9-2,15-20)21(12-10-16(3)4)13-11-17(5)6/h16-18H,8-15,20H2,1-7H3. The summed E-state index contributed by atoms with van der Waals surface area (Å²) in [5.74, 6) is 2.29.